The molecule has 0 bridgehead atoms. The van der Waals surface area contributed by atoms with Gasteiger partial charge in [-0.05, 0) is 45.4 Å². The summed E-state index contributed by atoms with van der Waals surface area (Å²) in [6.07, 6.45) is 4.53. The van der Waals surface area contributed by atoms with Crippen LogP contribution in [0.3, 0.4) is 0 Å². The zero-order valence-electron chi connectivity index (χ0n) is 21.1. The number of hydrogen-bond acceptors (Lipinski definition) is 5. The fraction of sp³-hybridized carbons (Fsp3) is 0.320. The van der Waals surface area contributed by atoms with E-state index in [1.165, 1.54) is 6.07 Å². The van der Waals surface area contributed by atoms with E-state index in [1.54, 1.807) is 42.1 Å². The van der Waals surface area contributed by atoms with E-state index in [2.05, 4.69) is 50.4 Å². The summed E-state index contributed by atoms with van der Waals surface area (Å²) in [5, 5.41) is 14.9. The first kappa shape index (κ1) is 26.2. The zero-order valence-corrected chi connectivity index (χ0v) is 22.7. The predicted molar refractivity (Wildman–Crippen MR) is 143 cm³/mol. The Morgan fingerprint density at radius 1 is 1.31 bits per heavy atom. The van der Waals surface area contributed by atoms with Crippen LogP contribution in [0.5, 0.6) is 0 Å². The summed E-state index contributed by atoms with van der Waals surface area (Å²) in [5.74, 6) is 1.74. The maximum absolute atomic E-state index is 14.7. The standard InChI is InChI=1S/C25H31BrFN7O/c1-8-15(2)23(18-13-28-33(5)14-18)24(35-7)25(30-22-11-16(3)31-32-22)29-17(4)34(6)21-10-9-19(26)12-20(21)27/h9-14H,8H2,1-7H3,(H2,30,31,32)/b23-15+,25-24-,29-17+. The Labute approximate surface area is 213 Å². The number of benzene rings is 1. The van der Waals surface area contributed by atoms with Crippen LogP contribution in [0.2, 0.25) is 0 Å². The molecule has 0 amide bonds. The Hall–Kier alpha value is -3.40. The molecule has 0 aliphatic heterocycles. The summed E-state index contributed by atoms with van der Waals surface area (Å²) in [6, 6.07) is 6.79. The lowest BCUT2D eigenvalue weighted by molar-refractivity contribution is 0.306. The number of ether oxygens (including phenoxy) is 1. The fourth-order valence-electron chi connectivity index (χ4n) is 3.52. The molecule has 0 saturated carbocycles. The number of aromatic nitrogens is 4. The maximum atomic E-state index is 14.7. The van der Waals surface area contributed by atoms with Gasteiger partial charge < -0.3 is 15.0 Å². The number of aliphatic imine (C=N–C) groups is 1. The van der Waals surface area contributed by atoms with Gasteiger partial charge in [-0.15, -0.1) is 0 Å². The van der Waals surface area contributed by atoms with Gasteiger partial charge in [0.25, 0.3) is 0 Å². The minimum atomic E-state index is -0.359. The molecule has 2 aromatic heterocycles. The van der Waals surface area contributed by atoms with Crippen molar-refractivity contribution in [2.75, 3.05) is 24.4 Å². The second-order valence-electron chi connectivity index (χ2n) is 8.17. The Balaban J connectivity index is 2.19. The first-order valence-corrected chi connectivity index (χ1v) is 11.9. The zero-order chi connectivity index (χ0) is 25.7. The van der Waals surface area contributed by atoms with E-state index in [1.807, 2.05) is 33.2 Å². The number of amidine groups is 1. The highest BCUT2D eigenvalue weighted by Gasteiger charge is 2.21. The van der Waals surface area contributed by atoms with E-state index in [4.69, 9.17) is 9.73 Å². The van der Waals surface area contributed by atoms with Gasteiger partial charge in [-0.1, -0.05) is 28.4 Å². The SMILES string of the molecule is CC/C(C)=C(/C(OC)=C(\N=C(/C)N(C)c1ccc(Br)cc1F)Nc1cc(C)[nH]n1)c1cnn(C)c1. The number of H-pyrrole nitrogens is 1. The molecule has 35 heavy (non-hydrogen) atoms. The van der Waals surface area contributed by atoms with Gasteiger partial charge in [0.15, 0.2) is 17.4 Å². The first-order valence-electron chi connectivity index (χ1n) is 11.1. The van der Waals surface area contributed by atoms with Gasteiger partial charge in [-0.3, -0.25) is 9.78 Å². The molecule has 0 aliphatic rings. The normalized spacial score (nSPS) is 13.3. The van der Waals surface area contributed by atoms with Crippen LogP contribution in [0.1, 0.15) is 38.4 Å². The number of anilines is 2. The molecule has 0 unspecified atom stereocenters. The highest BCUT2D eigenvalue weighted by atomic mass is 79.9. The molecule has 0 atom stereocenters. The molecule has 2 heterocycles. The third kappa shape index (κ3) is 6.19. The van der Waals surface area contributed by atoms with Gasteiger partial charge in [0, 0.05) is 47.7 Å². The topological polar surface area (TPSA) is 83.4 Å². The number of halogens is 2. The summed E-state index contributed by atoms with van der Waals surface area (Å²) in [4.78, 5) is 6.54. The third-order valence-electron chi connectivity index (χ3n) is 5.58. The molecular weight excluding hydrogens is 513 g/mol. The van der Waals surface area contributed by atoms with Gasteiger partial charge in [-0.25, -0.2) is 9.38 Å². The minimum Gasteiger partial charge on any atom is -0.492 e. The van der Waals surface area contributed by atoms with Gasteiger partial charge in [0.1, 0.15) is 11.7 Å². The summed E-state index contributed by atoms with van der Waals surface area (Å²) in [6.45, 7) is 7.87. The van der Waals surface area contributed by atoms with Crippen molar-refractivity contribution in [3.8, 4) is 0 Å². The molecule has 3 rings (SSSR count). The van der Waals surface area contributed by atoms with E-state index in [9.17, 15) is 4.39 Å². The molecule has 0 aliphatic carbocycles. The van der Waals surface area contributed by atoms with Crippen LogP contribution in [-0.2, 0) is 11.8 Å². The van der Waals surface area contributed by atoms with E-state index < -0.39 is 0 Å². The molecular formula is C25H31BrFN7O. The molecule has 0 spiro atoms. The van der Waals surface area contributed by atoms with Crippen molar-refractivity contribution in [1.82, 2.24) is 20.0 Å². The molecule has 0 saturated heterocycles. The lowest BCUT2D eigenvalue weighted by atomic mass is 10.00. The lowest BCUT2D eigenvalue weighted by Crippen LogP contribution is -2.25. The molecule has 0 radical (unpaired) electrons. The van der Waals surface area contributed by atoms with Crippen LogP contribution in [-0.4, -0.2) is 40.0 Å². The summed E-state index contributed by atoms with van der Waals surface area (Å²) >= 11 is 3.31. The van der Waals surface area contributed by atoms with Gasteiger partial charge >= 0.3 is 0 Å². The summed E-state index contributed by atoms with van der Waals surface area (Å²) < 4.78 is 23.0. The molecule has 10 heteroatoms. The first-order chi connectivity index (χ1) is 16.6. The minimum absolute atomic E-state index is 0.359. The maximum Gasteiger partial charge on any atom is 0.176 e. The van der Waals surface area contributed by atoms with Gasteiger partial charge in [0.05, 0.1) is 19.0 Å². The number of methoxy groups -OCH3 is 1. The van der Waals surface area contributed by atoms with Crippen LogP contribution in [0.4, 0.5) is 15.9 Å². The van der Waals surface area contributed by atoms with Gasteiger partial charge in [-0.2, -0.15) is 10.2 Å². The van der Waals surface area contributed by atoms with Crippen molar-refractivity contribution in [2.45, 2.75) is 34.1 Å². The van der Waals surface area contributed by atoms with E-state index in [0.29, 0.717) is 33.4 Å². The van der Waals surface area contributed by atoms with Crippen molar-refractivity contribution in [3.63, 3.8) is 0 Å². The largest absolute Gasteiger partial charge is 0.492 e. The fourth-order valence-corrected chi connectivity index (χ4v) is 3.85. The molecule has 1 aromatic carbocycles. The van der Waals surface area contributed by atoms with Crippen molar-refractivity contribution in [1.29, 1.82) is 0 Å². The van der Waals surface area contributed by atoms with Crippen LogP contribution < -0.4 is 10.2 Å². The highest BCUT2D eigenvalue weighted by Crippen LogP contribution is 2.32. The average molecular weight is 544 g/mol. The van der Waals surface area contributed by atoms with E-state index in [0.717, 1.165) is 28.8 Å². The van der Waals surface area contributed by atoms with Crippen LogP contribution in [0, 0.1) is 12.7 Å². The average Bonchev–Trinajstić information content (AvgIpc) is 3.43. The number of aromatic amines is 1. The number of allylic oxidation sites excluding steroid dienone is 2. The van der Waals surface area contributed by atoms with E-state index >= 15 is 0 Å². The second-order valence-corrected chi connectivity index (χ2v) is 9.08. The second kappa shape index (κ2) is 11.4. The van der Waals surface area contributed by atoms with Crippen LogP contribution >= 0.6 is 15.9 Å². The van der Waals surface area contributed by atoms with Crippen molar-refractivity contribution in [3.05, 3.63) is 75.4 Å². The molecule has 186 valence electrons. The van der Waals surface area contributed by atoms with Crippen molar-refractivity contribution >= 4 is 38.8 Å². The summed E-state index contributed by atoms with van der Waals surface area (Å²) in [5.41, 5.74) is 4.19. The smallest absolute Gasteiger partial charge is 0.176 e. The Bertz CT molecular complexity index is 1290. The van der Waals surface area contributed by atoms with Crippen LogP contribution in [0.25, 0.3) is 5.57 Å². The molecule has 2 N–H and O–H groups in total. The van der Waals surface area contributed by atoms with Crippen molar-refractivity contribution in [2.24, 2.45) is 12.0 Å². The van der Waals surface area contributed by atoms with Crippen LogP contribution in [0.15, 0.2) is 63.3 Å². The Kier molecular flexibility index (Phi) is 8.50. The summed E-state index contributed by atoms with van der Waals surface area (Å²) in [7, 11) is 5.24. The molecule has 0 fully saturated rings. The number of nitrogens with zero attached hydrogens (tertiary/aromatic N) is 5. The van der Waals surface area contributed by atoms with E-state index in [-0.39, 0.29) is 5.82 Å². The molecule has 8 nitrogen and oxygen atoms in total. The number of rotatable bonds is 8. The number of nitrogens with one attached hydrogen (secondary N) is 2. The Morgan fingerprint density at radius 2 is 2.06 bits per heavy atom. The quantitative estimate of drug-likeness (QED) is 0.157. The predicted octanol–water partition coefficient (Wildman–Crippen LogP) is 6.02. The Morgan fingerprint density at radius 3 is 2.60 bits per heavy atom. The number of hydrogen-bond donors (Lipinski definition) is 2. The monoisotopic (exact) mass is 543 g/mol. The number of aryl methyl sites for hydroxylation is 2. The van der Waals surface area contributed by atoms with Gasteiger partial charge in [0.2, 0.25) is 0 Å². The third-order valence-corrected chi connectivity index (χ3v) is 6.07. The molecule has 3 aromatic rings. The highest BCUT2D eigenvalue weighted by molar-refractivity contribution is 9.10. The van der Waals surface area contributed by atoms with Crippen molar-refractivity contribution < 1.29 is 9.13 Å². The lowest BCUT2D eigenvalue weighted by Gasteiger charge is -2.22.